The van der Waals surface area contributed by atoms with Gasteiger partial charge in [-0.25, -0.2) is 9.69 Å². The van der Waals surface area contributed by atoms with Crippen molar-refractivity contribution in [2.24, 2.45) is 0 Å². The second kappa shape index (κ2) is 11.0. The molecule has 6 nitrogen and oxygen atoms in total. The van der Waals surface area contributed by atoms with Crippen LogP contribution >= 0.6 is 43.5 Å². The smallest absolute Gasteiger partial charge is 0.335 e. The fraction of sp³-hybridized carbons (Fsp3) is 0.148. The molecule has 36 heavy (non-hydrogen) atoms. The summed E-state index contributed by atoms with van der Waals surface area (Å²) in [5.74, 6) is -0.885. The number of hydrogen-bond acceptors (Lipinski definition) is 4. The van der Waals surface area contributed by atoms with E-state index in [1.54, 1.807) is 25.1 Å². The largest absolute Gasteiger partial charge is 0.494 e. The highest BCUT2D eigenvalue weighted by molar-refractivity contribution is 9.10. The van der Waals surface area contributed by atoms with E-state index in [0.29, 0.717) is 40.6 Å². The van der Waals surface area contributed by atoms with Crippen LogP contribution in [0, 0.1) is 6.92 Å². The van der Waals surface area contributed by atoms with Crippen LogP contribution in [0.15, 0.2) is 69.1 Å². The third kappa shape index (κ3) is 5.40. The van der Waals surface area contributed by atoms with Gasteiger partial charge in [0.05, 0.1) is 12.3 Å². The summed E-state index contributed by atoms with van der Waals surface area (Å²) in [5.41, 5.74) is 3.37. The van der Waals surface area contributed by atoms with E-state index in [4.69, 9.17) is 16.3 Å². The summed E-state index contributed by atoms with van der Waals surface area (Å²) >= 11 is 13.3. The molecular formula is C27H21Br2ClN2O4. The monoisotopic (exact) mass is 630 g/mol. The van der Waals surface area contributed by atoms with Crippen LogP contribution in [0.25, 0.3) is 6.08 Å². The van der Waals surface area contributed by atoms with Crippen LogP contribution in [0.4, 0.5) is 10.5 Å². The number of urea groups is 1. The molecule has 184 valence electrons. The van der Waals surface area contributed by atoms with Crippen molar-refractivity contribution in [3.8, 4) is 5.75 Å². The second-order valence-corrected chi connectivity index (χ2v) is 10.2. The molecule has 0 aromatic heterocycles. The SMILES string of the molecule is CCOc1cc(/C=C2\C(=O)NC(=O)N(c3cc(Cl)ccc3C)C2=O)cc(Br)c1Cc1ccccc1Br. The van der Waals surface area contributed by atoms with Gasteiger partial charge in [-0.05, 0) is 66.9 Å². The number of nitrogens with zero attached hydrogens (tertiary/aromatic N) is 1. The molecule has 9 heteroatoms. The van der Waals surface area contributed by atoms with E-state index in [1.807, 2.05) is 37.3 Å². The molecule has 4 rings (SSSR count). The molecule has 1 heterocycles. The molecule has 0 spiro atoms. The van der Waals surface area contributed by atoms with E-state index in [1.165, 1.54) is 12.1 Å². The molecule has 3 aromatic carbocycles. The highest BCUT2D eigenvalue weighted by atomic mass is 79.9. The van der Waals surface area contributed by atoms with E-state index in [9.17, 15) is 14.4 Å². The topological polar surface area (TPSA) is 75.7 Å². The van der Waals surface area contributed by atoms with Crippen LogP contribution in [0.2, 0.25) is 5.02 Å². The van der Waals surface area contributed by atoms with Crippen LogP contribution in [0.5, 0.6) is 5.75 Å². The molecule has 0 saturated carbocycles. The first-order valence-corrected chi connectivity index (χ1v) is 13.0. The van der Waals surface area contributed by atoms with Gasteiger partial charge in [0.15, 0.2) is 0 Å². The number of amides is 4. The predicted molar refractivity (Wildman–Crippen MR) is 147 cm³/mol. The molecule has 1 aliphatic rings. The highest BCUT2D eigenvalue weighted by Crippen LogP contribution is 2.34. The summed E-state index contributed by atoms with van der Waals surface area (Å²) < 4.78 is 7.66. The van der Waals surface area contributed by atoms with Crippen LogP contribution < -0.4 is 15.0 Å². The number of carbonyl (C=O) groups is 3. The standard InChI is InChI=1S/C27H21Br2ClN2O4/c1-3-36-24-12-16(11-22(29)19(24)13-17-6-4-5-7-21(17)28)10-20-25(33)31-27(35)32(26(20)34)23-14-18(30)9-8-15(23)2/h4-12,14H,3,13H2,1-2H3,(H,31,33,35)/b20-10+. The number of barbiturate groups is 1. The molecule has 0 aliphatic carbocycles. The summed E-state index contributed by atoms with van der Waals surface area (Å²) in [6, 6.07) is 15.6. The molecular weight excluding hydrogens is 612 g/mol. The Hall–Kier alpha value is -2.94. The van der Waals surface area contributed by atoms with Crippen molar-refractivity contribution >= 4 is 73.1 Å². The fourth-order valence-electron chi connectivity index (χ4n) is 3.87. The number of carbonyl (C=O) groups excluding carboxylic acids is 3. The number of halogens is 3. The Kier molecular flexibility index (Phi) is 7.97. The fourth-order valence-corrected chi connectivity index (χ4v) is 5.06. The summed E-state index contributed by atoms with van der Waals surface area (Å²) in [7, 11) is 0. The van der Waals surface area contributed by atoms with Crippen LogP contribution in [-0.2, 0) is 16.0 Å². The number of benzene rings is 3. The third-order valence-corrected chi connectivity index (χ3v) is 7.34. The minimum Gasteiger partial charge on any atom is -0.494 e. The van der Waals surface area contributed by atoms with Gasteiger partial charge in [0, 0.05) is 26.0 Å². The molecule has 0 unspecified atom stereocenters. The van der Waals surface area contributed by atoms with Gasteiger partial charge < -0.3 is 4.74 Å². The zero-order valence-electron chi connectivity index (χ0n) is 19.4. The van der Waals surface area contributed by atoms with Crippen molar-refractivity contribution in [2.45, 2.75) is 20.3 Å². The van der Waals surface area contributed by atoms with Crippen molar-refractivity contribution < 1.29 is 19.1 Å². The van der Waals surface area contributed by atoms with Crippen molar-refractivity contribution in [2.75, 3.05) is 11.5 Å². The second-order valence-electron chi connectivity index (χ2n) is 8.07. The van der Waals surface area contributed by atoms with Crippen molar-refractivity contribution in [3.05, 3.63) is 96.4 Å². The van der Waals surface area contributed by atoms with E-state index in [-0.39, 0.29) is 5.57 Å². The number of rotatable bonds is 6. The summed E-state index contributed by atoms with van der Waals surface area (Å²) in [5, 5.41) is 2.61. The third-order valence-electron chi connectivity index (χ3n) is 5.63. The molecule has 1 N–H and O–H groups in total. The average molecular weight is 633 g/mol. The molecule has 1 saturated heterocycles. The summed E-state index contributed by atoms with van der Waals surface area (Å²) in [6.07, 6.45) is 2.05. The van der Waals surface area contributed by atoms with E-state index >= 15 is 0 Å². The van der Waals surface area contributed by atoms with Gasteiger partial charge in [0.1, 0.15) is 11.3 Å². The van der Waals surface area contributed by atoms with Gasteiger partial charge in [0.25, 0.3) is 11.8 Å². The highest BCUT2D eigenvalue weighted by Gasteiger charge is 2.37. The number of ether oxygens (including phenoxy) is 1. The number of anilines is 1. The first-order chi connectivity index (χ1) is 17.2. The molecule has 3 aromatic rings. The molecule has 1 fully saturated rings. The van der Waals surface area contributed by atoms with Crippen LogP contribution in [0.1, 0.15) is 29.2 Å². The quantitative estimate of drug-likeness (QED) is 0.239. The van der Waals surface area contributed by atoms with E-state index < -0.39 is 17.8 Å². The van der Waals surface area contributed by atoms with Crippen molar-refractivity contribution in [1.29, 1.82) is 0 Å². The lowest BCUT2D eigenvalue weighted by molar-refractivity contribution is -0.122. The van der Waals surface area contributed by atoms with Gasteiger partial charge >= 0.3 is 6.03 Å². The predicted octanol–water partition coefficient (Wildman–Crippen LogP) is 6.83. The summed E-state index contributed by atoms with van der Waals surface area (Å²) in [4.78, 5) is 39.5. The molecule has 0 radical (unpaired) electrons. The summed E-state index contributed by atoms with van der Waals surface area (Å²) in [6.45, 7) is 4.07. The first kappa shape index (κ1) is 26.1. The Bertz CT molecular complexity index is 1420. The zero-order chi connectivity index (χ0) is 26.0. The Balaban J connectivity index is 1.75. The van der Waals surface area contributed by atoms with Gasteiger partial charge in [-0.1, -0.05) is 67.7 Å². The average Bonchev–Trinajstić information content (AvgIpc) is 2.82. The van der Waals surface area contributed by atoms with Gasteiger partial charge in [0.2, 0.25) is 0 Å². The normalized spacial score (nSPS) is 14.9. The Labute approximate surface area is 230 Å². The lowest BCUT2D eigenvalue weighted by Gasteiger charge is -2.27. The minimum atomic E-state index is -0.826. The minimum absolute atomic E-state index is 0.179. The number of imide groups is 2. The van der Waals surface area contributed by atoms with Gasteiger partial charge in [-0.3, -0.25) is 14.9 Å². The lowest BCUT2D eigenvalue weighted by atomic mass is 10.0. The van der Waals surface area contributed by atoms with Crippen molar-refractivity contribution in [3.63, 3.8) is 0 Å². The number of aryl methyl sites for hydroxylation is 1. The first-order valence-electron chi connectivity index (χ1n) is 11.1. The van der Waals surface area contributed by atoms with Crippen LogP contribution in [0.3, 0.4) is 0 Å². The Morgan fingerprint density at radius 1 is 1.03 bits per heavy atom. The molecule has 1 aliphatic heterocycles. The lowest BCUT2D eigenvalue weighted by Crippen LogP contribution is -2.54. The molecule has 4 amide bonds. The Morgan fingerprint density at radius 3 is 2.50 bits per heavy atom. The maximum absolute atomic E-state index is 13.3. The number of hydrogen-bond donors (Lipinski definition) is 1. The molecule has 0 bridgehead atoms. The van der Waals surface area contributed by atoms with Gasteiger partial charge in [-0.2, -0.15) is 0 Å². The zero-order valence-corrected chi connectivity index (χ0v) is 23.3. The molecule has 0 atom stereocenters. The van der Waals surface area contributed by atoms with Gasteiger partial charge in [-0.15, -0.1) is 0 Å². The van der Waals surface area contributed by atoms with E-state index in [2.05, 4.69) is 37.2 Å². The maximum atomic E-state index is 13.3. The van der Waals surface area contributed by atoms with Crippen molar-refractivity contribution in [1.82, 2.24) is 5.32 Å². The van der Waals surface area contributed by atoms with Crippen LogP contribution in [-0.4, -0.2) is 24.5 Å². The van der Waals surface area contributed by atoms with E-state index in [0.717, 1.165) is 25.0 Å². The number of nitrogens with one attached hydrogen (secondary N) is 1. The maximum Gasteiger partial charge on any atom is 0.335 e. The Morgan fingerprint density at radius 2 is 1.78 bits per heavy atom.